The smallest absolute Gasteiger partial charge is 0.201 e. The van der Waals surface area contributed by atoms with Crippen LogP contribution < -0.4 is 5.73 Å². The van der Waals surface area contributed by atoms with Gasteiger partial charge in [0.15, 0.2) is 0 Å². The highest BCUT2D eigenvalue weighted by molar-refractivity contribution is 7.07. The first-order valence-corrected chi connectivity index (χ1v) is 6.99. The second-order valence-electron chi connectivity index (χ2n) is 4.11. The Balaban J connectivity index is 1.96. The third kappa shape index (κ3) is 1.98. The number of aromatic nitrogens is 2. The third-order valence-electron chi connectivity index (χ3n) is 2.96. The highest BCUT2D eigenvalue weighted by Gasteiger charge is 2.10. The van der Waals surface area contributed by atoms with E-state index in [9.17, 15) is 0 Å². The maximum absolute atomic E-state index is 6.11. The largest absolute Gasteiger partial charge is 0.369 e. The second-order valence-corrected chi connectivity index (χ2v) is 5.30. The Bertz CT molecular complexity index is 673. The molecule has 3 aromatic rings. The lowest BCUT2D eigenvalue weighted by molar-refractivity contribution is 0.727. The minimum Gasteiger partial charge on any atom is -0.369 e. The van der Waals surface area contributed by atoms with E-state index in [1.165, 1.54) is 5.56 Å². The average molecular weight is 278 g/mol. The van der Waals surface area contributed by atoms with Crippen LogP contribution in [-0.4, -0.2) is 9.55 Å². The molecule has 0 atom stereocenters. The number of fused-ring (bicyclic) bond motifs is 1. The molecule has 0 amide bonds. The highest BCUT2D eigenvalue weighted by atomic mass is 35.5. The van der Waals surface area contributed by atoms with Gasteiger partial charge in [0.1, 0.15) is 5.52 Å². The number of benzene rings is 1. The molecule has 0 radical (unpaired) electrons. The van der Waals surface area contributed by atoms with Gasteiger partial charge in [-0.1, -0.05) is 17.7 Å². The van der Waals surface area contributed by atoms with Crippen molar-refractivity contribution < 1.29 is 0 Å². The van der Waals surface area contributed by atoms with Crippen molar-refractivity contribution in [3.05, 3.63) is 45.6 Å². The van der Waals surface area contributed by atoms with Gasteiger partial charge >= 0.3 is 0 Å². The number of para-hydroxylation sites is 1. The summed E-state index contributed by atoms with van der Waals surface area (Å²) in [7, 11) is 0. The quantitative estimate of drug-likeness (QED) is 0.795. The molecule has 3 nitrogen and oxygen atoms in total. The van der Waals surface area contributed by atoms with E-state index < -0.39 is 0 Å². The fourth-order valence-corrected chi connectivity index (χ4v) is 2.96. The minimum atomic E-state index is 0.522. The van der Waals surface area contributed by atoms with Crippen molar-refractivity contribution in [2.24, 2.45) is 0 Å². The van der Waals surface area contributed by atoms with Crippen molar-refractivity contribution in [2.75, 3.05) is 5.73 Å². The van der Waals surface area contributed by atoms with Crippen LogP contribution in [0.3, 0.4) is 0 Å². The van der Waals surface area contributed by atoms with E-state index in [0.29, 0.717) is 11.0 Å². The van der Waals surface area contributed by atoms with Crippen molar-refractivity contribution in [2.45, 2.75) is 13.0 Å². The number of imidazole rings is 1. The lowest BCUT2D eigenvalue weighted by atomic mass is 10.2. The summed E-state index contributed by atoms with van der Waals surface area (Å²) < 4.78 is 2.01. The maximum Gasteiger partial charge on any atom is 0.201 e. The van der Waals surface area contributed by atoms with Gasteiger partial charge in [-0.2, -0.15) is 11.3 Å². The molecule has 0 aliphatic heterocycles. The molecule has 0 aliphatic carbocycles. The molecule has 2 N–H and O–H groups in total. The molecule has 18 heavy (non-hydrogen) atoms. The molecule has 0 spiro atoms. The van der Waals surface area contributed by atoms with Crippen LogP contribution in [0.15, 0.2) is 35.0 Å². The summed E-state index contributed by atoms with van der Waals surface area (Å²) in [6.45, 7) is 0.819. The predicted octanol–water partition coefficient (Wildman–Crippen LogP) is 3.58. The zero-order valence-corrected chi connectivity index (χ0v) is 11.2. The molecule has 0 fully saturated rings. The van der Waals surface area contributed by atoms with E-state index in [-0.39, 0.29) is 0 Å². The van der Waals surface area contributed by atoms with Gasteiger partial charge < -0.3 is 10.3 Å². The van der Waals surface area contributed by atoms with Gasteiger partial charge in [0.2, 0.25) is 5.95 Å². The normalized spacial score (nSPS) is 11.2. The topological polar surface area (TPSA) is 43.8 Å². The molecule has 0 aliphatic rings. The number of anilines is 1. The van der Waals surface area contributed by atoms with Crippen LogP contribution >= 0.6 is 22.9 Å². The van der Waals surface area contributed by atoms with Crippen LogP contribution in [0, 0.1) is 0 Å². The first-order chi connectivity index (χ1) is 8.75. The number of nitrogens with zero attached hydrogens (tertiary/aromatic N) is 2. The van der Waals surface area contributed by atoms with Gasteiger partial charge in [-0.15, -0.1) is 0 Å². The summed E-state index contributed by atoms with van der Waals surface area (Å²) in [5.41, 5.74) is 9.06. The average Bonchev–Trinajstić information content (AvgIpc) is 2.95. The van der Waals surface area contributed by atoms with E-state index in [4.69, 9.17) is 17.3 Å². The van der Waals surface area contributed by atoms with Crippen LogP contribution in [0.2, 0.25) is 5.02 Å². The molecule has 2 aromatic heterocycles. The zero-order valence-electron chi connectivity index (χ0n) is 9.64. The first kappa shape index (κ1) is 11.6. The van der Waals surface area contributed by atoms with E-state index in [1.807, 2.05) is 22.8 Å². The molecule has 1 aromatic carbocycles. The number of thiophene rings is 1. The first-order valence-electron chi connectivity index (χ1n) is 5.67. The number of aryl methyl sites for hydroxylation is 2. The van der Waals surface area contributed by atoms with Gasteiger partial charge in [-0.3, -0.25) is 0 Å². The van der Waals surface area contributed by atoms with Crippen molar-refractivity contribution in [1.29, 1.82) is 0 Å². The molecule has 0 unspecified atom stereocenters. The Morgan fingerprint density at radius 2 is 2.22 bits per heavy atom. The predicted molar refractivity (Wildman–Crippen MR) is 77.2 cm³/mol. The Morgan fingerprint density at radius 3 is 3.00 bits per heavy atom. The number of nitrogen functional groups attached to an aromatic ring is 1. The van der Waals surface area contributed by atoms with Gasteiger partial charge in [-0.05, 0) is 40.9 Å². The third-order valence-corrected chi connectivity index (χ3v) is 4.00. The molecular weight excluding hydrogens is 266 g/mol. The number of hydrogen-bond donors (Lipinski definition) is 1. The summed E-state index contributed by atoms with van der Waals surface area (Å²) in [5.74, 6) is 0.522. The summed E-state index contributed by atoms with van der Waals surface area (Å²) in [5, 5.41) is 4.89. The van der Waals surface area contributed by atoms with Crippen LogP contribution in [0.25, 0.3) is 11.0 Å². The fourth-order valence-electron chi connectivity index (χ4n) is 2.04. The van der Waals surface area contributed by atoms with Gasteiger partial charge in [0.05, 0.1) is 10.5 Å². The Morgan fingerprint density at radius 1 is 1.33 bits per heavy atom. The molecule has 2 heterocycles. The molecule has 0 bridgehead atoms. The number of rotatable bonds is 3. The minimum absolute atomic E-state index is 0.522. The lowest BCUT2D eigenvalue weighted by Crippen LogP contribution is -2.05. The van der Waals surface area contributed by atoms with E-state index in [2.05, 4.69) is 21.8 Å². The van der Waals surface area contributed by atoms with Gasteiger partial charge in [0.25, 0.3) is 0 Å². The van der Waals surface area contributed by atoms with E-state index in [1.54, 1.807) is 11.3 Å². The van der Waals surface area contributed by atoms with Crippen LogP contribution in [0.5, 0.6) is 0 Å². The van der Waals surface area contributed by atoms with Crippen molar-refractivity contribution in [1.82, 2.24) is 9.55 Å². The van der Waals surface area contributed by atoms with Crippen molar-refractivity contribution >= 4 is 39.9 Å². The SMILES string of the molecule is Nc1nc2c(Cl)cccc2n1CCc1ccsc1. The zero-order chi connectivity index (χ0) is 12.5. The van der Waals surface area contributed by atoms with Crippen LogP contribution in [0.1, 0.15) is 5.56 Å². The monoisotopic (exact) mass is 277 g/mol. The molecule has 3 rings (SSSR count). The van der Waals surface area contributed by atoms with Gasteiger partial charge in [-0.25, -0.2) is 4.98 Å². The summed E-state index contributed by atoms with van der Waals surface area (Å²) >= 11 is 7.82. The molecule has 0 saturated carbocycles. The summed E-state index contributed by atoms with van der Waals surface area (Å²) in [4.78, 5) is 4.32. The number of nitrogens with two attached hydrogens (primary N) is 1. The highest BCUT2D eigenvalue weighted by Crippen LogP contribution is 2.25. The maximum atomic E-state index is 6.11. The van der Waals surface area contributed by atoms with Crippen molar-refractivity contribution in [3.63, 3.8) is 0 Å². The Labute approximate surface area is 114 Å². The molecular formula is C13H12ClN3S. The number of halogens is 1. The van der Waals surface area contributed by atoms with E-state index in [0.717, 1.165) is 24.0 Å². The summed E-state index contributed by atoms with van der Waals surface area (Å²) in [6.07, 6.45) is 0.950. The Hall–Kier alpha value is -1.52. The number of hydrogen-bond acceptors (Lipinski definition) is 3. The molecule has 0 saturated heterocycles. The van der Waals surface area contributed by atoms with Crippen LogP contribution in [0.4, 0.5) is 5.95 Å². The van der Waals surface area contributed by atoms with Crippen LogP contribution in [-0.2, 0) is 13.0 Å². The molecule has 5 heteroatoms. The van der Waals surface area contributed by atoms with Crippen molar-refractivity contribution in [3.8, 4) is 0 Å². The standard InChI is InChI=1S/C13H12ClN3S/c14-10-2-1-3-11-12(10)16-13(15)17(11)6-4-9-5-7-18-8-9/h1-3,5,7-8H,4,6H2,(H2,15,16). The second kappa shape index (κ2) is 4.63. The van der Waals surface area contributed by atoms with Gasteiger partial charge in [0, 0.05) is 6.54 Å². The van der Waals surface area contributed by atoms with E-state index >= 15 is 0 Å². The Kier molecular flexibility index (Phi) is 2.97. The summed E-state index contributed by atoms with van der Waals surface area (Å²) in [6, 6.07) is 7.89. The lowest BCUT2D eigenvalue weighted by Gasteiger charge is -2.05. The fraction of sp³-hybridized carbons (Fsp3) is 0.154. The molecule has 92 valence electrons.